The van der Waals surface area contributed by atoms with E-state index < -0.39 is 9.84 Å². The van der Waals surface area contributed by atoms with Gasteiger partial charge in [0.05, 0.1) is 11.4 Å². The predicted octanol–water partition coefficient (Wildman–Crippen LogP) is 2.17. The van der Waals surface area contributed by atoms with Crippen molar-refractivity contribution in [1.82, 2.24) is 15.1 Å². The first-order chi connectivity index (χ1) is 14.8. The summed E-state index contributed by atoms with van der Waals surface area (Å²) in [6, 6.07) is 15.2. The summed E-state index contributed by atoms with van der Waals surface area (Å²) in [7, 11) is -1.39. The second kappa shape index (κ2) is 10.6. The topological polar surface area (TPSA) is 74.2 Å². The SMILES string of the molecule is CN=C(NCCOc1ccc(S(C)(=O)=O)cc1)N1CCN(Cc2cccc(C)c2)CC1. The molecule has 0 aromatic heterocycles. The number of aliphatic imine (C=N–C) groups is 1. The Morgan fingerprint density at radius 1 is 1.10 bits per heavy atom. The van der Waals surface area contributed by atoms with Crippen molar-refractivity contribution in [2.45, 2.75) is 18.4 Å². The largest absolute Gasteiger partial charge is 0.492 e. The molecule has 0 bridgehead atoms. The number of guanidine groups is 1. The Morgan fingerprint density at radius 3 is 2.42 bits per heavy atom. The zero-order valence-electron chi connectivity index (χ0n) is 18.5. The molecule has 8 heteroatoms. The summed E-state index contributed by atoms with van der Waals surface area (Å²) in [5, 5.41) is 3.35. The molecule has 0 saturated carbocycles. The van der Waals surface area contributed by atoms with Gasteiger partial charge in [0.25, 0.3) is 0 Å². The predicted molar refractivity (Wildman–Crippen MR) is 124 cm³/mol. The van der Waals surface area contributed by atoms with E-state index in [0.29, 0.717) is 23.8 Å². The Labute approximate surface area is 185 Å². The molecular formula is C23H32N4O3S. The van der Waals surface area contributed by atoms with Crippen molar-refractivity contribution in [3.63, 3.8) is 0 Å². The fourth-order valence-electron chi connectivity index (χ4n) is 3.63. The van der Waals surface area contributed by atoms with Crippen molar-refractivity contribution in [2.24, 2.45) is 4.99 Å². The fraction of sp³-hybridized carbons (Fsp3) is 0.435. The number of ether oxygens (including phenoxy) is 1. The van der Waals surface area contributed by atoms with Crippen LogP contribution in [0.1, 0.15) is 11.1 Å². The zero-order valence-corrected chi connectivity index (χ0v) is 19.4. The van der Waals surface area contributed by atoms with E-state index in [9.17, 15) is 8.42 Å². The van der Waals surface area contributed by atoms with Crippen LogP contribution in [0.5, 0.6) is 5.75 Å². The number of hydrogen-bond donors (Lipinski definition) is 1. The number of piperazine rings is 1. The van der Waals surface area contributed by atoms with Crippen LogP contribution in [0.15, 0.2) is 58.4 Å². The van der Waals surface area contributed by atoms with E-state index in [4.69, 9.17) is 4.74 Å². The van der Waals surface area contributed by atoms with Gasteiger partial charge in [-0.25, -0.2) is 8.42 Å². The van der Waals surface area contributed by atoms with Crippen LogP contribution in [0.2, 0.25) is 0 Å². The lowest BCUT2D eigenvalue weighted by atomic mass is 10.1. The van der Waals surface area contributed by atoms with Crippen molar-refractivity contribution >= 4 is 15.8 Å². The van der Waals surface area contributed by atoms with Crippen molar-refractivity contribution in [3.05, 3.63) is 59.7 Å². The molecule has 3 rings (SSSR count). The van der Waals surface area contributed by atoms with E-state index >= 15 is 0 Å². The molecule has 31 heavy (non-hydrogen) atoms. The monoisotopic (exact) mass is 444 g/mol. The van der Waals surface area contributed by atoms with Crippen LogP contribution in [0.4, 0.5) is 0 Å². The van der Waals surface area contributed by atoms with Gasteiger partial charge in [-0.15, -0.1) is 0 Å². The van der Waals surface area contributed by atoms with Crippen molar-refractivity contribution in [2.75, 3.05) is 52.6 Å². The molecule has 0 atom stereocenters. The summed E-state index contributed by atoms with van der Waals surface area (Å²) in [5.74, 6) is 1.53. The first-order valence-electron chi connectivity index (χ1n) is 10.5. The highest BCUT2D eigenvalue weighted by atomic mass is 32.2. The number of sulfone groups is 1. The lowest BCUT2D eigenvalue weighted by Gasteiger charge is -2.36. The molecule has 7 nitrogen and oxygen atoms in total. The highest BCUT2D eigenvalue weighted by Crippen LogP contribution is 2.15. The number of nitrogens with zero attached hydrogens (tertiary/aromatic N) is 3. The van der Waals surface area contributed by atoms with E-state index in [-0.39, 0.29) is 0 Å². The second-order valence-electron chi connectivity index (χ2n) is 7.82. The summed E-state index contributed by atoms with van der Waals surface area (Å²) in [4.78, 5) is 9.44. The number of rotatable bonds is 7. The number of hydrogen-bond acceptors (Lipinski definition) is 5. The highest BCUT2D eigenvalue weighted by molar-refractivity contribution is 7.90. The average molecular weight is 445 g/mol. The quantitative estimate of drug-likeness (QED) is 0.401. The number of benzene rings is 2. The van der Waals surface area contributed by atoms with Crippen LogP contribution < -0.4 is 10.1 Å². The van der Waals surface area contributed by atoms with Gasteiger partial charge in [-0.05, 0) is 36.8 Å². The van der Waals surface area contributed by atoms with Gasteiger partial charge in [0.1, 0.15) is 12.4 Å². The summed E-state index contributed by atoms with van der Waals surface area (Å²) < 4.78 is 28.7. The van der Waals surface area contributed by atoms with Crippen LogP contribution in [-0.2, 0) is 16.4 Å². The molecule has 1 aliphatic rings. The molecule has 0 radical (unpaired) electrons. The number of aryl methyl sites for hydroxylation is 1. The molecule has 0 amide bonds. The molecule has 1 aliphatic heterocycles. The number of nitrogens with one attached hydrogen (secondary N) is 1. The van der Waals surface area contributed by atoms with Gasteiger partial charge in [-0.1, -0.05) is 29.8 Å². The summed E-state index contributed by atoms with van der Waals surface area (Å²) >= 11 is 0. The molecular weight excluding hydrogens is 412 g/mol. The Morgan fingerprint density at radius 2 is 1.81 bits per heavy atom. The van der Waals surface area contributed by atoms with Gasteiger partial charge < -0.3 is 15.0 Å². The normalized spacial score (nSPS) is 15.7. The maximum absolute atomic E-state index is 11.5. The first kappa shape index (κ1) is 23.1. The molecule has 168 valence electrons. The summed E-state index contributed by atoms with van der Waals surface area (Å²) in [6.45, 7) is 8.04. The van der Waals surface area contributed by atoms with Gasteiger partial charge in [0.2, 0.25) is 0 Å². The Kier molecular flexibility index (Phi) is 7.92. The maximum Gasteiger partial charge on any atom is 0.193 e. The maximum atomic E-state index is 11.5. The van der Waals surface area contributed by atoms with E-state index in [1.54, 1.807) is 31.3 Å². The van der Waals surface area contributed by atoms with Gasteiger partial charge in [-0.3, -0.25) is 9.89 Å². The molecule has 0 unspecified atom stereocenters. The molecule has 1 fully saturated rings. The third kappa shape index (κ3) is 6.97. The molecule has 0 spiro atoms. The van der Waals surface area contributed by atoms with Crippen LogP contribution in [-0.4, -0.2) is 76.8 Å². The third-order valence-electron chi connectivity index (χ3n) is 5.28. The van der Waals surface area contributed by atoms with E-state index in [1.165, 1.54) is 17.4 Å². The Balaban J connectivity index is 1.39. The van der Waals surface area contributed by atoms with Gasteiger partial charge in [0, 0.05) is 46.0 Å². The third-order valence-corrected chi connectivity index (χ3v) is 6.41. The summed E-state index contributed by atoms with van der Waals surface area (Å²) in [6.07, 6.45) is 1.20. The summed E-state index contributed by atoms with van der Waals surface area (Å²) in [5.41, 5.74) is 2.66. The minimum atomic E-state index is -3.19. The molecule has 1 saturated heterocycles. The van der Waals surface area contributed by atoms with Gasteiger partial charge in [-0.2, -0.15) is 0 Å². The van der Waals surface area contributed by atoms with E-state index in [2.05, 4.69) is 51.3 Å². The molecule has 0 aliphatic carbocycles. The average Bonchev–Trinajstić information content (AvgIpc) is 2.74. The van der Waals surface area contributed by atoms with Crippen LogP contribution in [0.25, 0.3) is 0 Å². The Bertz CT molecular complexity index is 982. The van der Waals surface area contributed by atoms with Gasteiger partial charge in [0.15, 0.2) is 15.8 Å². The minimum Gasteiger partial charge on any atom is -0.492 e. The first-order valence-corrected chi connectivity index (χ1v) is 12.4. The van der Waals surface area contributed by atoms with Crippen LogP contribution in [0.3, 0.4) is 0 Å². The van der Waals surface area contributed by atoms with Crippen LogP contribution >= 0.6 is 0 Å². The Hall–Kier alpha value is -2.58. The molecule has 2 aromatic rings. The zero-order chi connectivity index (χ0) is 22.3. The van der Waals surface area contributed by atoms with Gasteiger partial charge >= 0.3 is 0 Å². The lowest BCUT2D eigenvalue weighted by molar-refractivity contribution is 0.172. The molecule has 1 heterocycles. The standard InChI is InChI=1S/C23H32N4O3S/c1-19-5-4-6-20(17-19)18-26-12-14-27(15-13-26)23(24-2)25-11-16-30-21-7-9-22(10-8-21)31(3,28)29/h4-10,17H,11-16,18H2,1-3H3,(H,24,25). The van der Waals surface area contributed by atoms with Crippen molar-refractivity contribution in [3.8, 4) is 5.75 Å². The van der Waals surface area contributed by atoms with E-state index in [1.807, 2.05) is 0 Å². The lowest BCUT2D eigenvalue weighted by Crippen LogP contribution is -2.52. The second-order valence-corrected chi connectivity index (χ2v) is 9.83. The fourth-order valence-corrected chi connectivity index (χ4v) is 4.26. The van der Waals surface area contributed by atoms with E-state index in [0.717, 1.165) is 38.7 Å². The smallest absolute Gasteiger partial charge is 0.193 e. The molecule has 1 N–H and O–H groups in total. The van der Waals surface area contributed by atoms with Crippen molar-refractivity contribution < 1.29 is 13.2 Å². The molecule has 2 aromatic carbocycles. The van der Waals surface area contributed by atoms with Crippen LogP contribution in [0, 0.1) is 6.92 Å². The minimum absolute atomic E-state index is 0.292. The highest BCUT2D eigenvalue weighted by Gasteiger charge is 2.19. The van der Waals surface area contributed by atoms with Crippen molar-refractivity contribution in [1.29, 1.82) is 0 Å².